The number of carbonyl (C=O) groups excluding carboxylic acids is 1. The second kappa shape index (κ2) is 7.47. The summed E-state index contributed by atoms with van der Waals surface area (Å²) >= 11 is 2.70. The van der Waals surface area contributed by atoms with Gasteiger partial charge in [-0.25, -0.2) is 9.97 Å². The summed E-state index contributed by atoms with van der Waals surface area (Å²) in [6.07, 6.45) is 0. The van der Waals surface area contributed by atoms with Crippen molar-refractivity contribution in [2.75, 3.05) is 5.75 Å². The van der Waals surface area contributed by atoms with Crippen molar-refractivity contribution >= 4 is 29.5 Å². The van der Waals surface area contributed by atoms with Gasteiger partial charge in [-0.3, -0.25) is 0 Å². The predicted molar refractivity (Wildman–Crippen MR) is 83.2 cm³/mol. The maximum Gasteiger partial charge on any atom is 0.189 e. The molecule has 110 valence electrons. The number of carbonyl (C=O) groups is 1. The molecule has 0 unspecified atom stereocenters. The van der Waals surface area contributed by atoms with Gasteiger partial charge in [0.1, 0.15) is 5.03 Å². The van der Waals surface area contributed by atoms with E-state index in [1.54, 1.807) is 17.8 Å². The zero-order chi connectivity index (χ0) is 15.2. The molecule has 0 saturated heterocycles. The van der Waals surface area contributed by atoms with Crippen LogP contribution in [0.4, 0.5) is 0 Å². The van der Waals surface area contributed by atoms with Crippen molar-refractivity contribution in [2.45, 2.75) is 29.8 Å². The molecule has 2 rings (SSSR count). The first-order valence-corrected chi connectivity index (χ1v) is 8.37. The normalized spacial score (nSPS) is 10.6. The van der Waals surface area contributed by atoms with Crippen molar-refractivity contribution in [3.63, 3.8) is 0 Å². The van der Waals surface area contributed by atoms with E-state index in [2.05, 4.69) is 41.2 Å². The molecule has 0 aliphatic heterocycles. The van der Waals surface area contributed by atoms with Gasteiger partial charge in [-0.2, -0.15) is 0 Å². The van der Waals surface area contributed by atoms with Crippen LogP contribution in [0.25, 0.3) is 0 Å². The number of rotatable bonds is 6. The molecule has 0 aliphatic carbocycles. The number of aryl methyl sites for hydroxylation is 2. The van der Waals surface area contributed by atoms with Gasteiger partial charge in [-0.15, -0.1) is 11.8 Å². The van der Waals surface area contributed by atoms with Crippen molar-refractivity contribution in [3.05, 3.63) is 47.2 Å². The molecule has 2 aromatic rings. The van der Waals surface area contributed by atoms with Crippen LogP contribution in [-0.4, -0.2) is 21.7 Å². The number of benzene rings is 1. The number of carboxylic acid groups (broad SMARTS) is 1. The summed E-state index contributed by atoms with van der Waals surface area (Å²) in [4.78, 5) is 19.2. The topological polar surface area (TPSA) is 65.9 Å². The minimum absolute atomic E-state index is 0.0987. The van der Waals surface area contributed by atoms with E-state index in [0.717, 1.165) is 23.2 Å². The maximum absolute atomic E-state index is 10.5. The van der Waals surface area contributed by atoms with Crippen molar-refractivity contribution in [1.29, 1.82) is 0 Å². The Kier molecular flexibility index (Phi) is 5.64. The van der Waals surface area contributed by atoms with Crippen molar-refractivity contribution in [1.82, 2.24) is 9.97 Å². The van der Waals surface area contributed by atoms with Crippen LogP contribution in [0.5, 0.6) is 0 Å². The standard InChI is InChI=1S/C15H16N2O2S2/c1-10-3-5-12(6-4-10)8-21-15-16-11(2)7-13(17-15)20-9-14(18)19/h3-7H,8-9H2,1-2H3,(H,18,19)/p-1. The van der Waals surface area contributed by atoms with Gasteiger partial charge < -0.3 is 9.90 Å². The third kappa shape index (κ3) is 5.40. The lowest BCUT2D eigenvalue weighted by atomic mass is 10.2. The summed E-state index contributed by atoms with van der Waals surface area (Å²) in [5.74, 6) is -0.405. The highest BCUT2D eigenvalue weighted by Gasteiger charge is 2.05. The zero-order valence-corrected chi connectivity index (χ0v) is 13.5. The van der Waals surface area contributed by atoms with Crippen LogP contribution in [0.3, 0.4) is 0 Å². The number of nitrogens with zero attached hydrogens (tertiary/aromatic N) is 2. The van der Waals surface area contributed by atoms with Gasteiger partial charge in [0.25, 0.3) is 0 Å². The van der Waals surface area contributed by atoms with Crippen LogP contribution >= 0.6 is 23.5 Å². The fourth-order valence-electron chi connectivity index (χ4n) is 1.62. The molecule has 0 spiro atoms. The van der Waals surface area contributed by atoms with E-state index in [1.807, 2.05) is 6.92 Å². The molecule has 0 N–H and O–H groups in total. The van der Waals surface area contributed by atoms with Gasteiger partial charge in [0.15, 0.2) is 5.16 Å². The fraction of sp³-hybridized carbons (Fsp3) is 0.267. The van der Waals surface area contributed by atoms with Crippen LogP contribution in [0.2, 0.25) is 0 Å². The molecule has 0 aliphatic rings. The number of hydrogen-bond acceptors (Lipinski definition) is 6. The summed E-state index contributed by atoms with van der Waals surface area (Å²) in [5.41, 5.74) is 3.27. The van der Waals surface area contributed by atoms with E-state index in [1.165, 1.54) is 11.1 Å². The summed E-state index contributed by atoms with van der Waals surface area (Å²) in [6, 6.07) is 10.1. The quantitative estimate of drug-likeness (QED) is 0.462. The molecule has 0 amide bonds. The molecule has 0 radical (unpaired) electrons. The average molecular weight is 319 g/mol. The Morgan fingerprint density at radius 1 is 1.14 bits per heavy atom. The molecular weight excluding hydrogens is 304 g/mol. The maximum atomic E-state index is 10.5. The van der Waals surface area contributed by atoms with E-state index in [4.69, 9.17) is 0 Å². The third-order valence-corrected chi connectivity index (χ3v) is 4.44. The highest BCUT2D eigenvalue weighted by molar-refractivity contribution is 8.00. The molecule has 0 bridgehead atoms. The first-order valence-electron chi connectivity index (χ1n) is 6.39. The number of hydrogen-bond donors (Lipinski definition) is 0. The van der Waals surface area contributed by atoms with Crippen molar-refractivity contribution < 1.29 is 9.90 Å². The lowest BCUT2D eigenvalue weighted by Gasteiger charge is -2.06. The molecule has 6 heteroatoms. The monoisotopic (exact) mass is 319 g/mol. The number of aromatic nitrogens is 2. The van der Waals surface area contributed by atoms with Crippen LogP contribution in [0.1, 0.15) is 16.8 Å². The second-order valence-corrected chi connectivity index (χ2v) is 6.50. The van der Waals surface area contributed by atoms with Gasteiger partial charge in [0, 0.05) is 17.2 Å². The Balaban J connectivity index is 2.02. The summed E-state index contributed by atoms with van der Waals surface area (Å²) in [5, 5.41) is 11.8. The summed E-state index contributed by atoms with van der Waals surface area (Å²) in [7, 11) is 0. The summed E-state index contributed by atoms with van der Waals surface area (Å²) in [6.45, 7) is 3.93. The first-order chi connectivity index (χ1) is 10.0. The minimum Gasteiger partial charge on any atom is -0.549 e. The van der Waals surface area contributed by atoms with Gasteiger partial charge in [0.2, 0.25) is 0 Å². The average Bonchev–Trinajstić information content (AvgIpc) is 2.44. The van der Waals surface area contributed by atoms with Gasteiger partial charge in [-0.1, -0.05) is 41.6 Å². The lowest BCUT2D eigenvalue weighted by molar-refractivity contribution is -0.301. The predicted octanol–water partition coefficient (Wildman–Crippen LogP) is 2.23. The van der Waals surface area contributed by atoms with E-state index >= 15 is 0 Å². The summed E-state index contributed by atoms with van der Waals surface area (Å²) < 4.78 is 0. The first kappa shape index (κ1) is 15.9. The molecule has 1 aromatic carbocycles. The largest absolute Gasteiger partial charge is 0.549 e. The Labute approximate surface area is 132 Å². The second-order valence-electron chi connectivity index (χ2n) is 4.57. The highest BCUT2D eigenvalue weighted by Crippen LogP contribution is 2.23. The van der Waals surface area contributed by atoms with E-state index in [9.17, 15) is 9.90 Å². The number of carboxylic acids is 1. The molecule has 1 aromatic heterocycles. The molecule has 1 heterocycles. The molecule has 0 fully saturated rings. The third-order valence-electron chi connectivity index (χ3n) is 2.64. The van der Waals surface area contributed by atoms with Crippen LogP contribution in [0.15, 0.2) is 40.5 Å². The van der Waals surface area contributed by atoms with Gasteiger partial charge in [0.05, 0.1) is 5.97 Å². The highest BCUT2D eigenvalue weighted by atomic mass is 32.2. The van der Waals surface area contributed by atoms with Crippen LogP contribution in [-0.2, 0) is 10.5 Å². The van der Waals surface area contributed by atoms with Gasteiger partial charge >= 0.3 is 0 Å². The van der Waals surface area contributed by atoms with Crippen LogP contribution < -0.4 is 5.11 Å². The Morgan fingerprint density at radius 3 is 2.52 bits per heavy atom. The molecule has 0 atom stereocenters. The fourth-order valence-corrected chi connectivity index (χ4v) is 3.21. The zero-order valence-electron chi connectivity index (χ0n) is 11.8. The lowest BCUT2D eigenvalue weighted by Crippen LogP contribution is -2.24. The SMILES string of the molecule is Cc1ccc(CSc2nc(C)cc(SCC(=O)[O-])n2)cc1. The van der Waals surface area contributed by atoms with E-state index in [-0.39, 0.29) is 5.75 Å². The molecule has 4 nitrogen and oxygen atoms in total. The molecule has 21 heavy (non-hydrogen) atoms. The Morgan fingerprint density at radius 2 is 1.86 bits per heavy atom. The van der Waals surface area contributed by atoms with E-state index in [0.29, 0.717) is 10.2 Å². The Bertz CT molecular complexity index is 630. The smallest absolute Gasteiger partial charge is 0.189 e. The van der Waals surface area contributed by atoms with Crippen molar-refractivity contribution in [3.8, 4) is 0 Å². The van der Waals surface area contributed by atoms with Crippen LogP contribution in [0, 0.1) is 13.8 Å². The molecule has 0 saturated carbocycles. The minimum atomic E-state index is -1.09. The Hall–Kier alpha value is -1.53. The number of aliphatic carboxylic acids is 1. The van der Waals surface area contributed by atoms with Crippen molar-refractivity contribution in [2.24, 2.45) is 0 Å². The molecular formula is C15H15N2O2S2-. The van der Waals surface area contributed by atoms with Gasteiger partial charge in [-0.05, 0) is 25.5 Å². The van der Waals surface area contributed by atoms with E-state index < -0.39 is 5.97 Å². The number of thioether (sulfide) groups is 2.